The van der Waals surface area contributed by atoms with E-state index in [0.717, 1.165) is 43.1 Å². The summed E-state index contributed by atoms with van der Waals surface area (Å²) in [6, 6.07) is 0. The highest BCUT2D eigenvalue weighted by molar-refractivity contribution is 5.82. The number of nitrogens with zero attached hydrogens (tertiary/aromatic N) is 7. The summed E-state index contributed by atoms with van der Waals surface area (Å²) < 4.78 is 1.89. The van der Waals surface area contributed by atoms with E-state index in [1.807, 2.05) is 10.9 Å². The van der Waals surface area contributed by atoms with E-state index in [-0.39, 0.29) is 0 Å². The summed E-state index contributed by atoms with van der Waals surface area (Å²) in [5.74, 6) is 1.43. The molecule has 4 heterocycles. The van der Waals surface area contributed by atoms with Gasteiger partial charge in [-0.05, 0) is 18.8 Å². The molecule has 3 aromatic rings. The van der Waals surface area contributed by atoms with Gasteiger partial charge in [0, 0.05) is 32.4 Å². The molecule has 3 aromatic heterocycles. The van der Waals surface area contributed by atoms with Crippen LogP contribution in [0, 0.1) is 5.92 Å². The first-order valence-corrected chi connectivity index (χ1v) is 7.81. The second-order valence-electron chi connectivity index (χ2n) is 5.89. The second kappa shape index (κ2) is 5.92. The highest BCUT2D eigenvalue weighted by Crippen LogP contribution is 2.26. The van der Waals surface area contributed by atoms with Gasteiger partial charge in [-0.3, -0.25) is 4.68 Å². The van der Waals surface area contributed by atoms with Crippen molar-refractivity contribution >= 4 is 17.0 Å². The van der Waals surface area contributed by atoms with Crippen LogP contribution in [0.1, 0.15) is 18.5 Å². The molecule has 0 saturated carbocycles. The summed E-state index contributed by atoms with van der Waals surface area (Å²) in [6.45, 7) is 3.20. The fourth-order valence-electron chi connectivity index (χ4n) is 3.18. The maximum Gasteiger partial charge on any atom is 0.182 e. The van der Waals surface area contributed by atoms with Crippen LogP contribution in [0.4, 0.5) is 5.82 Å². The summed E-state index contributed by atoms with van der Waals surface area (Å²) in [6.07, 6.45) is 7.46. The van der Waals surface area contributed by atoms with E-state index in [2.05, 4.69) is 35.1 Å². The number of anilines is 1. The summed E-state index contributed by atoms with van der Waals surface area (Å²) in [5, 5.41) is 8.20. The zero-order valence-corrected chi connectivity index (χ0v) is 12.8. The normalized spacial score (nSPS) is 18.7. The first kappa shape index (κ1) is 14.1. The van der Waals surface area contributed by atoms with Gasteiger partial charge in [0.05, 0.1) is 12.0 Å². The van der Waals surface area contributed by atoms with Crippen molar-refractivity contribution in [2.45, 2.75) is 25.9 Å². The molecule has 0 aliphatic carbocycles. The molecule has 9 nitrogen and oxygen atoms in total. The number of aromatic amines is 1. The first-order valence-electron chi connectivity index (χ1n) is 7.81. The van der Waals surface area contributed by atoms with Crippen LogP contribution in [0.25, 0.3) is 11.2 Å². The second-order valence-corrected chi connectivity index (χ2v) is 5.89. The third kappa shape index (κ3) is 2.74. The highest BCUT2D eigenvalue weighted by Gasteiger charge is 2.23. The van der Waals surface area contributed by atoms with Gasteiger partial charge in [-0.1, -0.05) is 5.21 Å². The number of aromatic nitrogens is 7. The van der Waals surface area contributed by atoms with E-state index >= 15 is 0 Å². The third-order valence-corrected chi connectivity index (χ3v) is 4.26. The third-order valence-electron chi connectivity index (χ3n) is 4.26. The molecule has 0 spiro atoms. The van der Waals surface area contributed by atoms with Gasteiger partial charge in [-0.25, -0.2) is 15.0 Å². The number of piperidine rings is 1. The average molecular weight is 313 g/mol. The molecule has 4 rings (SSSR count). The molecule has 9 heteroatoms. The summed E-state index contributed by atoms with van der Waals surface area (Å²) >= 11 is 0. The minimum atomic E-state index is 0.426. The molecule has 0 unspecified atom stereocenters. The molecule has 1 aliphatic heterocycles. The van der Waals surface area contributed by atoms with Crippen LogP contribution >= 0.6 is 0 Å². The monoisotopic (exact) mass is 313 g/mol. The Morgan fingerprint density at radius 2 is 2.26 bits per heavy atom. The number of nitrogens with one attached hydrogen (secondary N) is 1. The minimum absolute atomic E-state index is 0.426. The lowest BCUT2D eigenvalue weighted by Gasteiger charge is -2.33. The van der Waals surface area contributed by atoms with Crippen LogP contribution < -0.4 is 10.6 Å². The first-order chi connectivity index (χ1) is 11.3. The van der Waals surface area contributed by atoms with Crippen molar-refractivity contribution in [3.8, 4) is 0 Å². The minimum Gasteiger partial charge on any atom is -0.354 e. The number of imidazole rings is 1. The molecule has 1 aliphatic rings. The average Bonchev–Trinajstić information content (AvgIpc) is 3.23. The van der Waals surface area contributed by atoms with Gasteiger partial charge in [-0.2, -0.15) is 0 Å². The standard InChI is InChI=1S/C14H19N9/c15-4-11-7-23(21-20-11)6-10-2-1-3-22(5-10)14-12-13(17-8-16-12)18-9-19-14/h7-10H,1-6,15H2,(H,16,17,18,19)/t10-/m1/s1. The van der Waals surface area contributed by atoms with E-state index in [0.29, 0.717) is 18.1 Å². The molecule has 120 valence electrons. The van der Waals surface area contributed by atoms with Gasteiger partial charge in [-0.15, -0.1) is 5.10 Å². The Morgan fingerprint density at radius 3 is 3.13 bits per heavy atom. The molecule has 1 saturated heterocycles. The molecule has 1 fully saturated rings. The van der Waals surface area contributed by atoms with E-state index in [1.165, 1.54) is 6.42 Å². The summed E-state index contributed by atoms with van der Waals surface area (Å²) in [5.41, 5.74) is 8.03. The topological polar surface area (TPSA) is 114 Å². The van der Waals surface area contributed by atoms with E-state index in [4.69, 9.17) is 5.73 Å². The van der Waals surface area contributed by atoms with Crippen LogP contribution in [0.2, 0.25) is 0 Å². The van der Waals surface area contributed by atoms with Crippen molar-refractivity contribution in [1.82, 2.24) is 34.9 Å². The van der Waals surface area contributed by atoms with Gasteiger partial charge in [0.1, 0.15) is 11.8 Å². The van der Waals surface area contributed by atoms with E-state index in [9.17, 15) is 0 Å². The van der Waals surface area contributed by atoms with Crippen LogP contribution in [-0.4, -0.2) is 48.0 Å². The molecular weight excluding hydrogens is 294 g/mol. The van der Waals surface area contributed by atoms with Gasteiger partial charge in [0.15, 0.2) is 11.5 Å². The smallest absolute Gasteiger partial charge is 0.182 e. The molecule has 0 bridgehead atoms. The number of H-pyrrole nitrogens is 1. The number of hydrogen-bond acceptors (Lipinski definition) is 7. The van der Waals surface area contributed by atoms with Crippen molar-refractivity contribution in [2.24, 2.45) is 11.7 Å². The maximum absolute atomic E-state index is 5.59. The van der Waals surface area contributed by atoms with Gasteiger partial charge in [0.25, 0.3) is 0 Å². The highest BCUT2D eigenvalue weighted by atomic mass is 15.4. The Balaban J connectivity index is 1.51. The number of hydrogen-bond donors (Lipinski definition) is 2. The molecule has 0 amide bonds. The molecule has 1 atom stereocenters. The van der Waals surface area contributed by atoms with Crippen molar-refractivity contribution in [3.05, 3.63) is 24.5 Å². The Hall–Kier alpha value is -2.55. The van der Waals surface area contributed by atoms with Crippen LogP contribution in [-0.2, 0) is 13.1 Å². The van der Waals surface area contributed by atoms with Crippen LogP contribution in [0.3, 0.4) is 0 Å². The Labute approximate surface area is 132 Å². The van der Waals surface area contributed by atoms with Gasteiger partial charge >= 0.3 is 0 Å². The largest absolute Gasteiger partial charge is 0.354 e. The quantitative estimate of drug-likeness (QED) is 0.712. The molecule has 0 radical (unpaired) electrons. The van der Waals surface area contributed by atoms with Gasteiger partial charge in [0.2, 0.25) is 0 Å². The van der Waals surface area contributed by atoms with Gasteiger partial charge < -0.3 is 15.6 Å². The lowest BCUT2D eigenvalue weighted by atomic mass is 9.98. The Morgan fingerprint density at radius 1 is 1.30 bits per heavy atom. The predicted molar refractivity (Wildman–Crippen MR) is 84.5 cm³/mol. The summed E-state index contributed by atoms with van der Waals surface area (Å²) in [4.78, 5) is 18.3. The van der Waals surface area contributed by atoms with Crippen LogP contribution in [0.5, 0.6) is 0 Å². The lowest BCUT2D eigenvalue weighted by molar-refractivity contribution is 0.347. The van der Waals surface area contributed by atoms with Crippen molar-refractivity contribution in [3.63, 3.8) is 0 Å². The zero-order chi connectivity index (χ0) is 15.6. The zero-order valence-electron chi connectivity index (χ0n) is 12.8. The SMILES string of the molecule is NCc1cn(C[C@@H]2CCCN(c3ncnc4nc[nH]c34)C2)nn1. The van der Waals surface area contributed by atoms with E-state index in [1.54, 1.807) is 12.7 Å². The number of rotatable bonds is 4. The maximum atomic E-state index is 5.59. The fourth-order valence-corrected chi connectivity index (χ4v) is 3.18. The Kier molecular flexibility index (Phi) is 3.62. The fraction of sp³-hybridized carbons (Fsp3) is 0.500. The van der Waals surface area contributed by atoms with E-state index < -0.39 is 0 Å². The number of fused-ring (bicyclic) bond motifs is 1. The Bertz CT molecular complexity index is 792. The molecule has 23 heavy (non-hydrogen) atoms. The van der Waals surface area contributed by atoms with Crippen molar-refractivity contribution < 1.29 is 0 Å². The lowest BCUT2D eigenvalue weighted by Crippen LogP contribution is -2.37. The molecule has 3 N–H and O–H groups in total. The molecule has 0 aromatic carbocycles. The number of nitrogens with two attached hydrogens (primary N) is 1. The van der Waals surface area contributed by atoms with Crippen molar-refractivity contribution in [1.29, 1.82) is 0 Å². The van der Waals surface area contributed by atoms with Crippen molar-refractivity contribution in [2.75, 3.05) is 18.0 Å². The summed E-state index contributed by atoms with van der Waals surface area (Å²) in [7, 11) is 0. The predicted octanol–water partition coefficient (Wildman–Crippen LogP) is 0.320. The molecular formula is C14H19N9. The van der Waals surface area contributed by atoms with Crippen LogP contribution in [0.15, 0.2) is 18.9 Å².